The molecule has 12 rings (SSSR count). The first-order valence-corrected chi connectivity index (χ1v) is 27.6. The number of aliphatic hydroxyl groups excluding tert-OH is 10. The molecule has 12 aliphatic heterocycles. The van der Waals surface area contributed by atoms with Gasteiger partial charge in [-0.15, -0.1) is 6.58 Å². The molecule has 20 unspecified atom stereocenters. The van der Waals surface area contributed by atoms with Crippen LogP contribution in [0.15, 0.2) is 36.7 Å². The van der Waals surface area contributed by atoms with E-state index in [0.717, 1.165) is 5.57 Å². The molecule has 0 aromatic rings. The second-order valence-electron chi connectivity index (χ2n) is 19.6. The van der Waals surface area contributed by atoms with Gasteiger partial charge in [-0.25, -0.2) is 0 Å². The Morgan fingerprint density at radius 1 is 0.528 bits per heavy atom. The van der Waals surface area contributed by atoms with Gasteiger partial charge in [0.15, 0.2) is 25.2 Å². The summed E-state index contributed by atoms with van der Waals surface area (Å²) in [5.41, 5.74) is 2.26. The zero-order valence-electron chi connectivity index (χ0n) is 41.2. The molecule has 72 heavy (non-hydrogen) atoms. The molecule has 12 fully saturated rings. The van der Waals surface area contributed by atoms with Gasteiger partial charge in [0.2, 0.25) is 5.91 Å². The van der Waals surface area contributed by atoms with Crippen molar-refractivity contribution in [2.45, 2.75) is 182 Å². The minimum atomic E-state index is -1.52. The summed E-state index contributed by atoms with van der Waals surface area (Å²) < 4.78 is 47.2. The van der Waals surface area contributed by atoms with Crippen molar-refractivity contribution in [2.24, 2.45) is 11.8 Å². The number of aliphatic hydroxyl groups is 10. The van der Waals surface area contributed by atoms with Crippen molar-refractivity contribution in [1.82, 2.24) is 15.5 Å². The van der Waals surface area contributed by atoms with Crippen molar-refractivity contribution < 1.29 is 93.8 Å². The summed E-state index contributed by atoms with van der Waals surface area (Å²) in [5, 5.41) is 115. The van der Waals surface area contributed by atoms with Gasteiger partial charge in [-0.05, 0) is 63.4 Å². The third kappa shape index (κ3) is 15.9. The predicted molar refractivity (Wildman–Crippen MR) is 262 cm³/mol. The normalized spacial score (nSPS) is 39.7. The topological polar surface area (TPSA) is 321 Å². The Morgan fingerprint density at radius 3 is 1.33 bits per heavy atom. The van der Waals surface area contributed by atoms with Crippen LogP contribution in [-0.4, -0.2) is 235 Å². The first kappa shape index (κ1) is 59.5. The molecule has 1 amide bonds. The first-order valence-electron chi connectivity index (χ1n) is 25.3. The molecule has 0 saturated carbocycles. The van der Waals surface area contributed by atoms with Crippen LogP contribution in [0.5, 0.6) is 0 Å². The summed E-state index contributed by atoms with van der Waals surface area (Å²) in [7, 11) is 0. The number of allylic oxidation sites excluding steroid dienone is 3. The van der Waals surface area contributed by atoms with E-state index in [1.807, 2.05) is 6.92 Å². The Labute approximate surface area is 430 Å². The molecule has 12 saturated heterocycles. The molecule has 0 radical (unpaired) electrons. The SMILES string of the molecule is C=C(C)CCC(=O)N(CNC(=C)CCSCC1OC2OC3C(CO)OC(OCCCCC1C(O)C2O)C(O)C3O)CNC(=C)CCSCC1OC2OC3C(CO)OC(OCCCCC1C(O)C2O)C(O)C3O. The van der Waals surface area contributed by atoms with Gasteiger partial charge in [-0.2, -0.15) is 23.5 Å². The molecule has 0 aromatic heterocycles. The standard InChI is InChI=1S/C48H81N3O19S2/c1-25(2)11-12-34(54)51(23-49-26(3)13-17-71-21-32-28-9-5-7-15-63-45-41(61)37(57)43(30(19-52)65-45)69-47(67-32)39(59)35(28)55)24-50-27(4)14-18-72-22-33-29-10-6-8-16-64-46-42(62)38(58)44(31(20-53)66-46)70-48(68-33)40(60)36(29)56/h28-33,35-50,52-53,55-62H,1,3-24H2,2H3. The lowest BCUT2D eigenvalue weighted by Gasteiger charge is -2.47. The Hall–Kier alpha value is -1.73. The summed E-state index contributed by atoms with van der Waals surface area (Å²) >= 11 is 3.11. The van der Waals surface area contributed by atoms with Crippen molar-refractivity contribution in [2.75, 3.05) is 62.8 Å². The Morgan fingerprint density at radius 2 is 0.931 bits per heavy atom. The van der Waals surface area contributed by atoms with Crippen molar-refractivity contribution in [3.05, 3.63) is 36.7 Å². The summed E-state index contributed by atoms with van der Waals surface area (Å²) in [6.07, 6.45) is -17.0. The largest absolute Gasteiger partial charge is 0.394 e. The highest BCUT2D eigenvalue weighted by molar-refractivity contribution is 7.99. The monoisotopic (exact) mass is 1070 g/mol. The zero-order chi connectivity index (χ0) is 52.1. The van der Waals surface area contributed by atoms with Gasteiger partial charge in [0.1, 0.15) is 61.0 Å². The van der Waals surface area contributed by atoms with E-state index in [1.165, 1.54) is 0 Å². The number of amides is 1. The molecule has 24 heteroatoms. The average Bonchev–Trinajstić information content (AvgIpc) is 3.36. The van der Waals surface area contributed by atoms with Crippen molar-refractivity contribution in [1.29, 1.82) is 0 Å². The Balaban J connectivity index is 0.962. The molecule has 12 heterocycles. The minimum absolute atomic E-state index is 0.104. The smallest absolute Gasteiger partial charge is 0.225 e. The van der Waals surface area contributed by atoms with Crippen LogP contribution < -0.4 is 10.6 Å². The lowest BCUT2D eigenvalue weighted by Crippen LogP contribution is -2.63. The van der Waals surface area contributed by atoms with E-state index in [-0.39, 0.29) is 38.9 Å². The number of hydrogen-bond acceptors (Lipinski definition) is 23. The van der Waals surface area contributed by atoms with Crippen LogP contribution in [0.4, 0.5) is 0 Å². The number of carbonyl (C=O) groups excluding carboxylic acids is 1. The third-order valence-electron chi connectivity index (χ3n) is 14.2. The van der Waals surface area contributed by atoms with Gasteiger partial charge in [0, 0.05) is 54.4 Å². The quantitative estimate of drug-likeness (QED) is 0.0362. The van der Waals surface area contributed by atoms with E-state index >= 15 is 0 Å². The molecular weight excluding hydrogens is 987 g/mol. The highest BCUT2D eigenvalue weighted by Crippen LogP contribution is 2.38. The van der Waals surface area contributed by atoms with Gasteiger partial charge in [0.05, 0.1) is 51.0 Å². The van der Waals surface area contributed by atoms with E-state index in [1.54, 1.807) is 28.4 Å². The van der Waals surface area contributed by atoms with Crippen molar-refractivity contribution in [3.8, 4) is 0 Å². The molecule has 0 aromatic carbocycles. The highest BCUT2D eigenvalue weighted by Gasteiger charge is 2.53. The number of hydrogen-bond donors (Lipinski definition) is 12. The minimum Gasteiger partial charge on any atom is -0.394 e. The summed E-state index contributed by atoms with van der Waals surface area (Å²) in [4.78, 5) is 15.1. The first-order chi connectivity index (χ1) is 34.5. The lowest BCUT2D eigenvalue weighted by molar-refractivity contribution is -0.354. The van der Waals surface area contributed by atoms with E-state index < -0.39 is 136 Å². The van der Waals surface area contributed by atoms with Crippen LogP contribution in [0.2, 0.25) is 0 Å². The molecule has 414 valence electrons. The third-order valence-corrected chi connectivity index (χ3v) is 16.3. The maximum absolute atomic E-state index is 13.4. The number of nitrogens with zero attached hydrogens (tertiary/aromatic N) is 1. The fraction of sp³-hybridized carbons (Fsp3) is 0.854. The number of rotatable bonds is 21. The van der Waals surface area contributed by atoms with Crippen LogP contribution in [0.3, 0.4) is 0 Å². The second-order valence-corrected chi connectivity index (χ2v) is 21.9. The summed E-state index contributed by atoms with van der Waals surface area (Å²) in [6.45, 7) is 13.8. The molecule has 0 aliphatic carbocycles. The Bertz CT molecular complexity index is 1610. The maximum atomic E-state index is 13.4. The van der Waals surface area contributed by atoms with Crippen LogP contribution in [-0.2, 0) is 42.7 Å². The van der Waals surface area contributed by atoms with Crippen molar-refractivity contribution >= 4 is 29.4 Å². The van der Waals surface area contributed by atoms with Gasteiger partial charge in [-0.3, -0.25) is 4.79 Å². The maximum Gasteiger partial charge on any atom is 0.225 e. The van der Waals surface area contributed by atoms with Gasteiger partial charge < -0.3 is 104 Å². The lowest BCUT2D eigenvalue weighted by atomic mass is 9.85. The number of nitrogens with one attached hydrogen (secondary N) is 2. The molecule has 22 nitrogen and oxygen atoms in total. The van der Waals surface area contributed by atoms with Gasteiger partial charge >= 0.3 is 0 Å². The molecule has 20 atom stereocenters. The molecule has 12 N–H and O–H groups in total. The Kier molecular flexibility index (Phi) is 24.1. The van der Waals surface area contributed by atoms with E-state index in [2.05, 4.69) is 30.4 Å². The number of ether oxygens (including phenoxy) is 8. The molecular formula is C48H81N3O19S2. The van der Waals surface area contributed by atoms with Crippen LogP contribution >= 0.6 is 23.5 Å². The van der Waals surface area contributed by atoms with E-state index in [0.29, 0.717) is 92.2 Å². The number of carbonyl (C=O) groups is 1. The predicted octanol–water partition coefficient (Wildman–Crippen LogP) is -1.29. The van der Waals surface area contributed by atoms with Crippen LogP contribution in [0.25, 0.3) is 0 Å². The highest BCUT2D eigenvalue weighted by atomic mass is 32.2. The van der Waals surface area contributed by atoms with Crippen LogP contribution in [0, 0.1) is 11.8 Å². The summed E-state index contributed by atoms with van der Waals surface area (Å²) in [6, 6.07) is 0. The van der Waals surface area contributed by atoms with Gasteiger partial charge in [0.25, 0.3) is 0 Å². The number of thioether (sulfide) groups is 2. The fourth-order valence-corrected chi connectivity index (χ4v) is 12.0. The fourth-order valence-electron chi connectivity index (χ4n) is 9.72. The van der Waals surface area contributed by atoms with E-state index in [4.69, 9.17) is 37.9 Å². The average molecular weight is 1070 g/mol. The zero-order valence-corrected chi connectivity index (χ0v) is 42.9. The molecule has 0 spiro atoms. The molecule has 12 aliphatic rings. The summed E-state index contributed by atoms with van der Waals surface area (Å²) in [5.74, 6) is 1.09. The van der Waals surface area contributed by atoms with Crippen molar-refractivity contribution in [3.63, 3.8) is 0 Å². The van der Waals surface area contributed by atoms with Crippen LogP contribution in [0.1, 0.15) is 71.1 Å². The van der Waals surface area contributed by atoms with E-state index in [9.17, 15) is 55.9 Å². The molecule has 8 bridgehead atoms. The second kappa shape index (κ2) is 29.1. The van der Waals surface area contributed by atoms with Gasteiger partial charge in [-0.1, -0.05) is 31.6 Å².